The van der Waals surface area contributed by atoms with Crippen molar-refractivity contribution in [2.75, 3.05) is 11.9 Å². The molecule has 56 heavy (non-hydrogen) atoms. The zero-order valence-electron chi connectivity index (χ0n) is 31.7. The van der Waals surface area contributed by atoms with Gasteiger partial charge in [0.1, 0.15) is 18.7 Å². The molecule has 4 aliphatic rings. The number of rotatable bonds is 13. The number of fused-ring (bicyclic) bond motifs is 5. The first-order valence-electron chi connectivity index (χ1n) is 18.9. The van der Waals surface area contributed by atoms with Gasteiger partial charge in [0.2, 0.25) is 17.7 Å². The fourth-order valence-electron chi connectivity index (χ4n) is 7.80. The molecule has 0 fully saturated rings. The van der Waals surface area contributed by atoms with Crippen molar-refractivity contribution in [3.8, 4) is 11.4 Å². The fourth-order valence-corrected chi connectivity index (χ4v) is 7.80. The Balaban J connectivity index is 1.02. The summed E-state index contributed by atoms with van der Waals surface area (Å²) in [6.07, 6.45) is 4.33. The molecule has 0 spiro atoms. The van der Waals surface area contributed by atoms with Crippen LogP contribution in [0.3, 0.4) is 0 Å². The second kappa shape index (κ2) is 15.1. The molecule has 16 heteroatoms. The van der Waals surface area contributed by atoms with Gasteiger partial charge in [-0.25, -0.2) is 9.78 Å². The molecule has 7 rings (SSSR count). The summed E-state index contributed by atoms with van der Waals surface area (Å²) in [5, 5.41) is 20.4. The van der Waals surface area contributed by atoms with Gasteiger partial charge in [0, 0.05) is 52.9 Å². The van der Waals surface area contributed by atoms with E-state index in [-0.39, 0.29) is 86.1 Å². The number of benzene rings is 1. The van der Waals surface area contributed by atoms with Crippen LogP contribution in [-0.2, 0) is 70.2 Å². The molecule has 0 bridgehead atoms. The predicted octanol–water partition coefficient (Wildman–Crippen LogP) is 2.18. The molecule has 1 aromatic carbocycles. The highest BCUT2D eigenvalue weighted by molar-refractivity contribution is 6.12. The molecule has 0 unspecified atom stereocenters. The summed E-state index contributed by atoms with van der Waals surface area (Å²) in [6.45, 7) is 7.44. The number of pyridine rings is 2. The van der Waals surface area contributed by atoms with E-state index in [4.69, 9.17) is 14.5 Å². The summed E-state index contributed by atoms with van der Waals surface area (Å²) >= 11 is 0. The summed E-state index contributed by atoms with van der Waals surface area (Å²) in [5.41, 5.74) is 2.54. The number of hydrogen-bond donors (Lipinski definition) is 4. The van der Waals surface area contributed by atoms with Crippen molar-refractivity contribution in [2.45, 2.75) is 104 Å². The van der Waals surface area contributed by atoms with Crippen molar-refractivity contribution in [3.63, 3.8) is 0 Å². The summed E-state index contributed by atoms with van der Waals surface area (Å²) < 4.78 is 12.8. The minimum absolute atomic E-state index is 0.0317. The third-order valence-electron chi connectivity index (χ3n) is 11.0. The highest BCUT2D eigenvalue weighted by Crippen LogP contribution is 2.43. The topological polar surface area (TPSA) is 215 Å². The van der Waals surface area contributed by atoms with Crippen molar-refractivity contribution >= 4 is 52.1 Å². The SMILES string of the molecule is CC[C@@]1(O)C(=O)OCc2c1cc1n(c2=O)Cc2c-1nc1ccc(NC(=O)[C@H](C)NC(=O)[C@@H](NC(=O)CCCCCN3C(=O)C=CC3=O)C(C)C)c3c1c2COC3. The van der Waals surface area contributed by atoms with E-state index in [2.05, 4.69) is 16.0 Å². The zero-order valence-corrected chi connectivity index (χ0v) is 31.7. The van der Waals surface area contributed by atoms with Gasteiger partial charge in [-0.05, 0) is 55.9 Å². The second-order valence-electron chi connectivity index (χ2n) is 15.0. The minimum Gasteiger partial charge on any atom is -0.458 e. The van der Waals surface area contributed by atoms with E-state index in [1.54, 1.807) is 50.5 Å². The predicted molar refractivity (Wildman–Crippen MR) is 200 cm³/mol. The molecule has 0 radical (unpaired) electrons. The van der Waals surface area contributed by atoms with Crippen molar-refractivity contribution in [3.05, 3.63) is 68.5 Å². The Morgan fingerprint density at radius 2 is 1.64 bits per heavy atom. The fraction of sp³-hybridized carbons (Fsp3) is 0.450. The second-order valence-corrected chi connectivity index (χ2v) is 15.0. The van der Waals surface area contributed by atoms with E-state index in [9.17, 15) is 38.7 Å². The average Bonchev–Trinajstić information content (AvgIpc) is 3.71. The number of carbonyl (C=O) groups is 6. The summed E-state index contributed by atoms with van der Waals surface area (Å²) in [5.74, 6) is -3.07. The zero-order chi connectivity index (χ0) is 40.1. The van der Waals surface area contributed by atoms with Gasteiger partial charge in [-0.15, -0.1) is 0 Å². The number of aromatic nitrogens is 2. The van der Waals surface area contributed by atoms with Crippen molar-refractivity contribution in [1.82, 2.24) is 25.1 Å². The molecule has 294 valence electrons. The number of anilines is 1. The molecule has 16 nitrogen and oxygen atoms in total. The van der Waals surface area contributed by atoms with Crippen LogP contribution in [0.2, 0.25) is 0 Å². The Kier molecular flexibility index (Phi) is 10.4. The summed E-state index contributed by atoms with van der Waals surface area (Å²) in [7, 11) is 0. The lowest BCUT2D eigenvalue weighted by atomic mass is 9.86. The van der Waals surface area contributed by atoms with Crippen LogP contribution in [0.1, 0.15) is 87.6 Å². The van der Waals surface area contributed by atoms with Crippen LogP contribution in [0.5, 0.6) is 0 Å². The number of hydrogen-bond acceptors (Lipinski definition) is 11. The van der Waals surface area contributed by atoms with Gasteiger partial charge in [-0.3, -0.25) is 33.7 Å². The van der Waals surface area contributed by atoms with Crippen molar-refractivity contribution in [1.29, 1.82) is 0 Å². The van der Waals surface area contributed by atoms with Crippen LogP contribution in [-0.4, -0.2) is 73.7 Å². The maximum Gasteiger partial charge on any atom is 0.343 e. The van der Waals surface area contributed by atoms with Crippen molar-refractivity contribution in [2.24, 2.45) is 5.92 Å². The molecule has 4 aliphatic heterocycles. The lowest BCUT2D eigenvalue weighted by molar-refractivity contribution is -0.172. The van der Waals surface area contributed by atoms with Gasteiger partial charge >= 0.3 is 5.97 Å². The normalized spacial score (nSPS) is 19.0. The Bertz CT molecular complexity index is 2280. The van der Waals surface area contributed by atoms with E-state index < -0.39 is 35.5 Å². The van der Waals surface area contributed by atoms with E-state index in [1.165, 1.54) is 12.2 Å². The van der Waals surface area contributed by atoms with Crippen LogP contribution >= 0.6 is 0 Å². The number of cyclic esters (lactones) is 1. The van der Waals surface area contributed by atoms with Crippen LogP contribution in [0.15, 0.2) is 35.1 Å². The molecule has 4 N–H and O–H groups in total. The molecule has 3 aromatic rings. The number of esters is 1. The third-order valence-corrected chi connectivity index (χ3v) is 11.0. The number of aliphatic hydroxyl groups is 1. The van der Waals surface area contributed by atoms with Gasteiger partial charge in [0.05, 0.1) is 42.2 Å². The van der Waals surface area contributed by atoms with Crippen molar-refractivity contribution < 1.29 is 43.3 Å². The maximum atomic E-state index is 13.7. The molecular formula is C40H44N6O10. The minimum atomic E-state index is -1.94. The Morgan fingerprint density at radius 1 is 0.911 bits per heavy atom. The number of nitrogens with zero attached hydrogens (tertiary/aromatic N) is 3. The first-order valence-corrected chi connectivity index (χ1v) is 18.9. The van der Waals surface area contributed by atoms with Crippen LogP contribution < -0.4 is 21.5 Å². The van der Waals surface area contributed by atoms with Gasteiger partial charge < -0.3 is 35.1 Å². The monoisotopic (exact) mass is 768 g/mol. The summed E-state index contributed by atoms with van der Waals surface area (Å²) in [4.78, 5) is 95.4. The van der Waals surface area contributed by atoms with E-state index >= 15 is 0 Å². The first kappa shape index (κ1) is 38.5. The molecular weight excluding hydrogens is 724 g/mol. The molecule has 0 saturated heterocycles. The van der Waals surface area contributed by atoms with Crippen LogP contribution in [0, 0.1) is 5.92 Å². The van der Waals surface area contributed by atoms with Gasteiger partial charge in [-0.1, -0.05) is 27.2 Å². The molecule has 0 aliphatic carbocycles. The van der Waals surface area contributed by atoms with Gasteiger partial charge in [0.15, 0.2) is 5.60 Å². The molecule has 6 heterocycles. The Hall–Kier alpha value is -5.74. The molecule has 5 amide bonds. The summed E-state index contributed by atoms with van der Waals surface area (Å²) in [6, 6.07) is 3.27. The number of imide groups is 1. The lowest BCUT2D eigenvalue weighted by Gasteiger charge is -2.31. The Morgan fingerprint density at radius 3 is 2.36 bits per heavy atom. The first-order chi connectivity index (χ1) is 26.7. The van der Waals surface area contributed by atoms with Gasteiger partial charge in [-0.2, -0.15) is 0 Å². The smallest absolute Gasteiger partial charge is 0.343 e. The largest absolute Gasteiger partial charge is 0.458 e. The van der Waals surface area contributed by atoms with E-state index in [0.29, 0.717) is 47.4 Å². The third kappa shape index (κ3) is 6.76. The maximum absolute atomic E-state index is 13.7. The highest BCUT2D eigenvalue weighted by Gasteiger charge is 2.45. The quantitative estimate of drug-likeness (QED) is 0.0879. The van der Waals surface area contributed by atoms with E-state index in [0.717, 1.165) is 21.4 Å². The Labute approximate surface area is 321 Å². The van der Waals surface area contributed by atoms with Crippen LogP contribution in [0.25, 0.3) is 22.3 Å². The number of ether oxygens (including phenoxy) is 2. The number of carbonyl (C=O) groups excluding carboxylic acids is 6. The molecule has 2 aromatic heterocycles. The standard InChI is InChI=1S/C40H44N6O10/c1-5-40(54)26-15-29-35-22(16-46(29)38(52)24(26)19-56-39(40)53)23-17-55-18-25-27(10-11-28(42-35)33(23)25)43-36(50)21(4)41-37(51)34(20(2)3)44-30(47)9-7-6-8-14-45-31(48)12-13-32(45)49/h10-13,15,20-21,34,54H,5-9,14,16-19H2,1-4H3,(H,41,51)(H,43,50)(H,44,47)/t21-,34-,40-/m0/s1. The lowest BCUT2D eigenvalue weighted by Crippen LogP contribution is -2.53. The number of nitrogens with one attached hydrogen (secondary N) is 3. The van der Waals surface area contributed by atoms with Gasteiger partial charge in [0.25, 0.3) is 17.4 Å². The number of amides is 5. The van der Waals surface area contributed by atoms with E-state index in [1.807, 2.05) is 0 Å². The average molecular weight is 769 g/mol. The highest BCUT2D eigenvalue weighted by atomic mass is 16.6. The van der Waals surface area contributed by atoms with Crippen LogP contribution in [0.4, 0.5) is 5.69 Å². The number of unbranched alkanes of at least 4 members (excludes halogenated alkanes) is 2. The molecule has 3 atom stereocenters. The molecule has 0 saturated carbocycles.